The van der Waals surface area contributed by atoms with E-state index in [2.05, 4.69) is 21.2 Å². The first-order valence-electron chi connectivity index (χ1n) is 15.2. The lowest BCUT2D eigenvalue weighted by atomic mass is 10.0. The second kappa shape index (κ2) is 14.9. The normalized spacial score (nSPS) is 14.1. The highest BCUT2D eigenvalue weighted by molar-refractivity contribution is 9.10. The quantitative estimate of drug-likeness (QED) is 0.181. The number of anilines is 1. The van der Waals surface area contributed by atoms with Crippen LogP contribution in [0.15, 0.2) is 119 Å². The van der Waals surface area contributed by atoms with Crippen molar-refractivity contribution in [1.29, 1.82) is 0 Å². The van der Waals surface area contributed by atoms with Gasteiger partial charge in [-0.25, -0.2) is 8.42 Å². The summed E-state index contributed by atoms with van der Waals surface area (Å²) in [6.45, 7) is 1.54. The summed E-state index contributed by atoms with van der Waals surface area (Å²) < 4.78 is 30.2. The Balaban J connectivity index is 1.56. The van der Waals surface area contributed by atoms with Crippen LogP contribution in [0.5, 0.6) is 0 Å². The summed E-state index contributed by atoms with van der Waals surface area (Å²) in [7, 11) is -4.12. The summed E-state index contributed by atoms with van der Waals surface area (Å²) in [4.78, 5) is 30.3. The highest BCUT2D eigenvalue weighted by atomic mass is 79.9. The summed E-state index contributed by atoms with van der Waals surface area (Å²) in [5, 5.41) is 3.21. The molecular weight excluding hydrogens is 650 g/mol. The van der Waals surface area contributed by atoms with Crippen LogP contribution in [0.25, 0.3) is 0 Å². The van der Waals surface area contributed by atoms with Gasteiger partial charge in [-0.2, -0.15) is 0 Å². The predicted octanol–water partition coefficient (Wildman–Crippen LogP) is 6.65. The number of carbonyl (C=O) groups excluding carboxylic acids is 2. The molecule has 0 unspecified atom stereocenters. The fourth-order valence-electron chi connectivity index (χ4n) is 5.74. The molecule has 1 fully saturated rings. The summed E-state index contributed by atoms with van der Waals surface area (Å²) in [6, 6.07) is 31.6. The fraction of sp³-hybridized carbons (Fsp3) is 0.278. The lowest BCUT2D eigenvalue weighted by molar-refractivity contribution is -0.140. The molecule has 234 valence electrons. The molecule has 7 nitrogen and oxygen atoms in total. The van der Waals surface area contributed by atoms with Crippen molar-refractivity contribution in [2.24, 2.45) is 0 Å². The number of carbonyl (C=O) groups is 2. The molecule has 1 atom stereocenters. The van der Waals surface area contributed by atoms with Crippen LogP contribution in [0, 0.1) is 6.92 Å². The minimum absolute atomic E-state index is 0.0580. The molecule has 45 heavy (non-hydrogen) atoms. The van der Waals surface area contributed by atoms with Gasteiger partial charge in [0.2, 0.25) is 11.8 Å². The van der Waals surface area contributed by atoms with Crippen molar-refractivity contribution in [3.05, 3.63) is 130 Å². The van der Waals surface area contributed by atoms with E-state index in [-0.39, 0.29) is 29.8 Å². The predicted molar refractivity (Wildman–Crippen MR) is 181 cm³/mol. The molecule has 0 heterocycles. The zero-order valence-corrected chi connectivity index (χ0v) is 27.7. The van der Waals surface area contributed by atoms with Gasteiger partial charge >= 0.3 is 0 Å². The molecule has 1 saturated carbocycles. The zero-order valence-electron chi connectivity index (χ0n) is 25.3. The topological polar surface area (TPSA) is 86.8 Å². The fourth-order valence-corrected chi connectivity index (χ4v) is 7.43. The Hall–Kier alpha value is -3.95. The minimum Gasteiger partial charge on any atom is -0.352 e. The SMILES string of the molecule is Cc1cccc(N(CC(=O)N(Cc2ccc(Br)cc2)[C@H](Cc2ccccc2)C(=O)NC2CCCC2)S(=O)(=O)c2ccccc2)c1. The van der Waals surface area contributed by atoms with E-state index in [1.54, 1.807) is 41.3 Å². The second-order valence-corrected chi connectivity index (χ2v) is 14.3. The van der Waals surface area contributed by atoms with Gasteiger partial charge in [-0.05, 0) is 72.9 Å². The Kier molecular flexibility index (Phi) is 10.7. The van der Waals surface area contributed by atoms with Crippen LogP contribution < -0.4 is 9.62 Å². The van der Waals surface area contributed by atoms with E-state index >= 15 is 0 Å². The molecule has 4 aromatic carbocycles. The number of sulfonamides is 1. The lowest BCUT2D eigenvalue weighted by Crippen LogP contribution is -2.54. The van der Waals surface area contributed by atoms with Crippen LogP contribution in [-0.4, -0.2) is 43.8 Å². The standard InChI is InChI=1S/C36H38BrN3O4S/c1-27-11-10-16-32(23-27)40(45(43,44)33-17-6-3-7-18-33)26-35(41)39(25-29-19-21-30(37)22-20-29)34(24-28-12-4-2-5-13-28)36(42)38-31-14-8-9-15-31/h2-7,10-13,16-23,31,34H,8-9,14-15,24-26H2,1H3,(H,38,42)/t34-/m1/s1. The van der Waals surface area contributed by atoms with Gasteiger partial charge in [0.05, 0.1) is 10.6 Å². The van der Waals surface area contributed by atoms with Crippen molar-refractivity contribution in [1.82, 2.24) is 10.2 Å². The van der Waals surface area contributed by atoms with Crippen LogP contribution in [0.2, 0.25) is 0 Å². The molecule has 0 saturated heterocycles. The van der Waals surface area contributed by atoms with Crippen molar-refractivity contribution >= 4 is 43.5 Å². The zero-order chi connectivity index (χ0) is 31.8. The average molecular weight is 689 g/mol. The molecular formula is C36H38BrN3O4S. The molecule has 1 aliphatic carbocycles. The number of halogens is 1. The van der Waals surface area contributed by atoms with Crippen LogP contribution in [0.1, 0.15) is 42.4 Å². The van der Waals surface area contributed by atoms with Crippen molar-refractivity contribution in [2.45, 2.75) is 62.6 Å². The Bertz CT molecular complexity index is 1690. The summed E-state index contributed by atoms with van der Waals surface area (Å²) in [6.07, 6.45) is 4.20. The summed E-state index contributed by atoms with van der Waals surface area (Å²) in [5.74, 6) is -0.703. The number of hydrogen-bond acceptors (Lipinski definition) is 4. The first-order valence-corrected chi connectivity index (χ1v) is 17.5. The molecule has 0 aromatic heterocycles. The minimum atomic E-state index is -4.12. The van der Waals surface area contributed by atoms with Crippen molar-refractivity contribution < 1.29 is 18.0 Å². The molecule has 2 amide bonds. The third-order valence-corrected chi connectivity index (χ3v) is 10.5. The number of nitrogens with one attached hydrogen (secondary N) is 1. The average Bonchev–Trinajstić information content (AvgIpc) is 3.56. The van der Waals surface area contributed by atoms with Crippen LogP contribution in [0.4, 0.5) is 5.69 Å². The Labute approximate surface area is 274 Å². The highest BCUT2D eigenvalue weighted by Gasteiger charge is 2.35. The molecule has 9 heteroatoms. The largest absolute Gasteiger partial charge is 0.352 e. The van der Waals surface area contributed by atoms with Crippen molar-refractivity contribution in [3.63, 3.8) is 0 Å². The third-order valence-electron chi connectivity index (χ3n) is 8.14. The Morgan fingerprint density at radius 1 is 0.844 bits per heavy atom. The number of benzene rings is 4. The first-order chi connectivity index (χ1) is 21.7. The van der Waals surface area contributed by atoms with Gasteiger partial charge in [-0.3, -0.25) is 13.9 Å². The smallest absolute Gasteiger partial charge is 0.264 e. The third kappa shape index (κ3) is 8.41. The summed E-state index contributed by atoms with van der Waals surface area (Å²) in [5.41, 5.74) is 2.97. The van der Waals surface area contributed by atoms with E-state index in [4.69, 9.17) is 0 Å². The summed E-state index contributed by atoms with van der Waals surface area (Å²) >= 11 is 3.48. The second-order valence-electron chi connectivity index (χ2n) is 11.5. The van der Waals surface area contributed by atoms with Gasteiger partial charge in [0.15, 0.2) is 0 Å². The monoisotopic (exact) mass is 687 g/mol. The number of rotatable bonds is 12. The lowest BCUT2D eigenvalue weighted by Gasteiger charge is -2.34. The van der Waals surface area contributed by atoms with E-state index in [9.17, 15) is 18.0 Å². The van der Waals surface area contributed by atoms with E-state index in [0.29, 0.717) is 5.69 Å². The Morgan fingerprint density at radius 2 is 1.49 bits per heavy atom. The number of aryl methyl sites for hydroxylation is 1. The first kappa shape index (κ1) is 32.4. The van der Waals surface area contributed by atoms with Crippen molar-refractivity contribution in [3.8, 4) is 0 Å². The van der Waals surface area contributed by atoms with E-state index < -0.39 is 28.5 Å². The van der Waals surface area contributed by atoms with E-state index in [0.717, 1.165) is 51.2 Å². The van der Waals surface area contributed by atoms with Crippen LogP contribution in [-0.2, 0) is 32.6 Å². The molecule has 0 spiro atoms. The van der Waals surface area contributed by atoms with Gasteiger partial charge in [0.1, 0.15) is 12.6 Å². The van der Waals surface area contributed by atoms with Gasteiger partial charge in [0, 0.05) is 23.5 Å². The number of hydrogen-bond donors (Lipinski definition) is 1. The molecule has 1 N–H and O–H groups in total. The van der Waals surface area contributed by atoms with Gasteiger partial charge < -0.3 is 10.2 Å². The molecule has 4 aromatic rings. The number of amides is 2. The highest BCUT2D eigenvalue weighted by Crippen LogP contribution is 2.26. The Morgan fingerprint density at radius 3 is 2.13 bits per heavy atom. The molecule has 0 aliphatic heterocycles. The molecule has 5 rings (SSSR count). The molecule has 1 aliphatic rings. The van der Waals surface area contributed by atoms with Gasteiger partial charge in [0.25, 0.3) is 10.0 Å². The molecule has 0 bridgehead atoms. The maximum absolute atomic E-state index is 14.6. The van der Waals surface area contributed by atoms with Gasteiger partial charge in [-0.15, -0.1) is 0 Å². The van der Waals surface area contributed by atoms with E-state index in [1.807, 2.05) is 67.6 Å². The molecule has 0 radical (unpaired) electrons. The van der Waals surface area contributed by atoms with Crippen LogP contribution in [0.3, 0.4) is 0 Å². The van der Waals surface area contributed by atoms with Crippen LogP contribution >= 0.6 is 15.9 Å². The maximum Gasteiger partial charge on any atom is 0.264 e. The van der Waals surface area contributed by atoms with E-state index in [1.165, 1.54) is 12.1 Å². The maximum atomic E-state index is 14.6. The number of nitrogens with zero attached hydrogens (tertiary/aromatic N) is 2. The van der Waals surface area contributed by atoms with Crippen molar-refractivity contribution in [2.75, 3.05) is 10.8 Å². The van der Waals surface area contributed by atoms with Gasteiger partial charge in [-0.1, -0.05) is 102 Å².